The number of esters is 1. The summed E-state index contributed by atoms with van der Waals surface area (Å²) in [5.74, 6) is -0.464. The Kier molecular flexibility index (Phi) is 3.72. The van der Waals surface area contributed by atoms with Crippen LogP contribution in [0.25, 0.3) is 0 Å². The molecule has 0 fully saturated rings. The van der Waals surface area contributed by atoms with Gasteiger partial charge in [-0.25, -0.2) is 4.79 Å². The molecule has 0 saturated carbocycles. The van der Waals surface area contributed by atoms with Crippen LogP contribution in [0.5, 0.6) is 0 Å². The van der Waals surface area contributed by atoms with Gasteiger partial charge in [-0.2, -0.15) is 0 Å². The number of aliphatic hydroxyl groups is 1. The van der Waals surface area contributed by atoms with Gasteiger partial charge in [0.2, 0.25) is 0 Å². The Hall–Kier alpha value is -1.06. The lowest BCUT2D eigenvalue weighted by Crippen LogP contribution is -2.27. The largest absolute Gasteiger partial charge is 0.459 e. The third-order valence-electron chi connectivity index (χ3n) is 1.64. The molecule has 0 heterocycles. The zero-order valence-electron chi connectivity index (χ0n) is 8.66. The SMILES string of the molecule is CC(C)(O)COC(=O)c1ccc(Cl)cc1. The third kappa shape index (κ3) is 4.32. The summed E-state index contributed by atoms with van der Waals surface area (Å²) in [4.78, 5) is 11.4. The molecular formula is C11H13ClO3. The molecule has 15 heavy (non-hydrogen) atoms. The molecule has 82 valence electrons. The number of carbonyl (C=O) groups excluding carboxylic acids is 1. The summed E-state index contributed by atoms with van der Waals surface area (Å²) < 4.78 is 4.90. The van der Waals surface area contributed by atoms with Gasteiger partial charge in [0.25, 0.3) is 0 Å². The van der Waals surface area contributed by atoms with Crippen LogP contribution >= 0.6 is 11.6 Å². The van der Waals surface area contributed by atoms with E-state index in [1.165, 1.54) is 0 Å². The lowest BCUT2D eigenvalue weighted by molar-refractivity contribution is -0.0100. The molecule has 0 unspecified atom stereocenters. The number of hydrogen-bond donors (Lipinski definition) is 1. The Morgan fingerprint density at radius 1 is 1.40 bits per heavy atom. The Labute approximate surface area is 93.6 Å². The molecule has 0 radical (unpaired) electrons. The molecule has 0 aliphatic rings. The topological polar surface area (TPSA) is 46.5 Å². The van der Waals surface area contributed by atoms with Crippen LogP contribution in [0.1, 0.15) is 24.2 Å². The predicted molar refractivity (Wildman–Crippen MR) is 58.0 cm³/mol. The normalized spacial score (nSPS) is 11.2. The van der Waals surface area contributed by atoms with Gasteiger partial charge in [-0.1, -0.05) is 11.6 Å². The summed E-state index contributed by atoms with van der Waals surface area (Å²) in [5, 5.41) is 9.92. The first-order chi connectivity index (χ1) is 6.88. The van der Waals surface area contributed by atoms with E-state index < -0.39 is 11.6 Å². The standard InChI is InChI=1S/C11H13ClO3/c1-11(2,14)7-15-10(13)8-3-5-9(12)6-4-8/h3-6,14H,7H2,1-2H3. The predicted octanol–water partition coefficient (Wildman–Crippen LogP) is 2.27. The molecule has 0 aliphatic carbocycles. The van der Waals surface area contributed by atoms with Crippen LogP contribution in [0.3, 0.4) is 0 Å². The van der Waals surface area contributed by atoms with E-state index in [0.717, 1.165) is 0 Å². The van der Waals surface area contributed by atoms with Gasteiger partial charge in [0.05, 0.1) is 11.2 Å². The number of hydrogen-bond acceptors (Lipinski definition) is 3. The molecule has 0 spiro atoms. The van der Waals surface area contributed by atoms with Crippen LogP contribution in [0.15, 0.2) is 24.3 Å². The average molecular weight is 229 g/mol. The van der Waals surface area contributed by atoms with E-state index in [-0.39, 0.29) is 6.61 Å². The highest BCUT2D eigenvalue weighted by molar-refractivity contribution is 6.30. The fourth-order valence-electron chi connectivity index (χ4n) is 0.911. The van der Waals surface area contributed by atoms with Crippen molar-refractivity contribution < 1.29 is 14.6 Å². The number of benzene rings is 1. The van der Waals surface area contributed by atoms with Gasteiger partial charge in [0.1, 0.15) is 6.61 Å². The van der Waals surface area contributed by atoms with Crippen LogP contribution < -0.4 is 0 Å². The maximum atomic E-state index is 11.4. The van der Waals surface area contributed by atoms with Crippen LogP contribution in [0, 0.1) is 0 Å². The van der Waals surface area contributed by atoms with E-state index >= 15 is 0 Å². The monoisotopic (exact) mass is 228 g/mol. The lowest BCUT2D eigenvalue weighted by atomic mass is 10.1. The molecule has 4 heteroatoms. The average Bonchev–Trinajstić information content (AvgIpc) is 2.14. The summed E-state index contributed by atoms with van der Waals surface area (Å²) in [6, 6.07) is 6.38. The molecule has 1 aromatic carbocycles. The van der Waals surface area contributed by atoms with Gasteiger partial charge in [0.15, 0.2) is 0 Å². The summed E-state index contributed by atoms with van der Waals surface area (Å²) in [6.07, 6.45) is 0. The van der Waals surface area contributed by atoms with Crippen molar-refractivity contribution >= 4 is 17.6 Å². The van der Waals surface area contributed by atoms with Crippen molar-refractivity contribution in [2.24, 2.45) is 0 Å². The first-order valence-corrected chi connectivity index (χ1v) is 4.91. The molecule has 1 N–H and O–H groups in total. The van der Waals surface area contributed by atoms with Gasteiger partial charge in [0, 0.05) is 5.02 Å². The highest BCUT2D eigenvalue weighted by Gasteiger charge is 2.16. The van der Waals surface area contributed by atoms with Gasteiger partial charge in [-0.15, -0.1) is 0 Å². The Morgan fingerprint density at radius 2 is 1.93 bits per heavy atom. The number of carbonyl (C=O) groups is 1. The van der Waals surface area contributed by atoms with Gasteiger partial charge >= 0.3 is 5.97 Å². The van der Waals surface area contributed by atoms with Crippen molar-refractivity contribution in [2.75, 3.05) is 6.61 Å². The highest BCUT2D eigenvalue weighted by atomic mass is 35.5. The second-order valence-electron chi connectivity index (χ2n) is 3.90. The maximum Gasteiger partial charge on any atom is 0.338 e. The summed E-state index contributed by atoms with van der Waals surface area (Å²) in [7, 11) is 0. The van der Waals surface area contributed by atoms with Crippen molar-refractivity contribution in [3.05, 3.63) is 34.9 Å². The Bertz CT molecular complexity index is 338. The van der Waals surface area contributed by atoms with E-state index in [9.17, 15) is 9.90 Å². The number of ether oxygens (including phenoxy) is 1. The number of rotatable bonds is 3. The fourth-order valence-corrected chi connectivity index (χ4v) is 1.04. The zero-order valence-corrected chi connectivity index (χ0v) is 9.41. The number of halogens is 1. The molecule has 0 atom stereocenters. The van der Waals surface area contributed by atoms with Gasteiger partial charge < -0.3 is 9.84 Å². The first kappa shape index (κ1) is 12.0. The molecule has 1 rings (SSSR count). The van der Waals surface area contributed by atoms with Crippen molar-refractivity contribution in [1.29, 1.82) is 0 Å². The molecule has 0 aromatic heterocycles. The minimum absolute atomic E-state index is 0.0333. The van der Waals surface area contributed by atoms with Crippen LogP contribution in [0.2, 0.25) is 5.02 Å². The van der Waals surface area contributed by atoms with E-state index in [1.54, 1.807) is 38.1 Å². The molecule has 0 amide bonds. The van der Waals surface area contributed by atoms with E-state index in [4.69, 9.17) is 16.3 Å². The molecule has 0 aliphatic heterocycles. The van der Waals surface area contributed by atoms with Crippen molar-refractivity contribution in [3.8, 4) is 0 Å². The zero-order chi connectivity index (χ0) is 11.5. The van der Waals surface area contributed by atoms with Crippen LogP contribution in [-0.4, -0.2) is 23.3 Å². The Balaban J connectivity index is 2.58. The van der Waals surface area contributed by atoms with Crippen LogP contribution in [-0.2, 0) is 4.74 Å². The van der Waals surface area contributed by atoms with Gasteiger partial charge in [-0.05, 0) is 38.1 Å². The van der Waals surface area contributed by atoms with E-state index in [1.807, 2.05) is 0 Å². The van der Waals surface area contributed by atoms with E-state index in [0.29, 0.717) is 10.6 Å². The molecule has 3 nitrogen and oxygen atoms in total. The van der Waals surface area contributed by atoms with Gasteiger partial charge in [-0.3, -0.25) is 0 Å². The quantitative estimate of drug-likeness (QED) is 0.808. The van der Waals surface area contributed by atoms with Crippen molar-refractivity contribution in [3.63, 3.8) is 0 Å². The summed E-state index contributed by atoms with van der Waals surface area (Å²) >= 11 is 5.67. The van der Waals surface area contributed by atoms with E-state index in [2.05, 4.69) is 0 Å². The maximum absolute atomic E-state index is 11.4. The molecule has 1 aromatic rings. The lowest BCUT2D eigenvalue weighted by Gasteiger charge is -2.16. The molecule has 0 bridgehead atoms. The second-order valence-corrected chi connectivity index (χ2v) is 4.33. The smallest absolute Gasteiger partial charge is 0.338 e. The summed E-state index contributed by atoms with van der Waals surface area (Å²) in [5.41, 5.74) is -0.592. The van der Waals surface area contributed by atoms with Crippen molar-refractivity contribution in [2.45, 2.75) is 19.4 Å². The second kappa shape index (κ2) is 4.64. The minimum Gasteiger partial charge on any atom is -0.459 e. The minimum atomic E-state index is -1.01. The third-order valence-corrected chi connectivity index (χ3v) is 1.89. The summed E-state index contributed by atoms with van der Waals surface area (Å²) in [6.45, 7) is 3.11. The molecule has 0 saturated heterocycles. The van der Waals surface area contributed by atoms with Crippen molar-refractivity contribution in [1.82, 2.24) is 0 Å². The fraction of sp³-hybridized carbons (Fsp3) is 0.364. The molecular weight excluding hydrogens is 216 g/mol. The Morgan fingerprint density at radius 3 is 2.40 bits per heavy atom. The van der Waals surface area contributed by atoms with Crippen LogP contribution in [0.4, 0.5) is 0 Å². The highest BCUT2D eigenvalue weighted by Crippen LogP contribution is 2.11. The first-order valence-electron chi connectivity index (χ1n) is 4.53.